The van der Waals surface area contributed by atoms with Crippen molar-refractivity contribution < 1.29 is 0 Å². The van der Waals surface area contributed by atoms with Gasteiger partial charge >= 0.3 is 0 Å². The summed E-state index contributed by atoms with van der Waals surface area (Å²) in [5.74, 6) is 0. The molecule has 150 valence electrons. The van der Waals surface area contributed by atoms with Gasteiger partial charge in [-0.1, -0.05) is 72.8 Å². The van der Waals surface area contributed by atoms with Gasteiger partial charge in [0.2, 0.25) is 0 Å². The summed E-state index contributed by atoms with van der Waals surface area (Å²) in [6, 6.07) is 36.4. The first kappa shape index (κ1) is 18.5. The maximum Gasteiger partial charge on any atom is 0.0714 e. The molecule has 0 aliphatic heterocycles. The van der Waals surface area contributed by atoms with Crippen molar-refractivity contribution in [3.63, 3.8) is 0 Å². The topological polar surface area (TPSA) is 25.8 Å². The molecule has 2 aromatic heterocycles. The van der Waals surface area contributed by atoms with E-state index in [9.17, 15) is 0 Å². The van der Waals surface area contributed by atoms with Crippen molar-refractivity contribution in [2.24, 2.45) is 0 Å². The molecular formula is C30H20N2. The SMILES string of the molecule is c1ccc(-c2ccc3cc4ccccc4cc3c2-c2ccc(-c3ccncc3)cn2)cc1. The molecule has 4 aromatic carbocycles. The molecule has 0 saturated heterocycles. The van der Waals surface area contributed by atoms with Crippen LogP contribution >= 0.6 is 0 Å². The number of benzene rings is 4. The molecule has 0 radical (unpaired) electrons. The second-order valence-electron chi connectivity index (χ2n) is 7.94. The van der Waals surface area contributed by atoms with Crippen molar-refractivity contribution in [1.82, 2.24) is 9.97 Å². The molecule has 0 atom stereocenters. The maximum absolute atomic E-state index is 4.92. The fourth-order valence-corrected chi connectivity index (χ4v) is 4.40. The average molecular weight is 409 g/mol. The summed E-state index contributed by atoms with van der Waals surface area (Å²) in [7, 11) is 0. The van der Waals surface area contributed by atoms with Crippen LogP contribution in [0.25, 0.3) is 55.1 Å². The fraction of sp³-hybridized carbons (Fsp3) is 0. The van der Waals surface area contributed by atoms with Gasteiger partial charge in [0, 0.05) is 29.7 Å². The second-order valence-corrected chi connectivity index (χ2v) is 7.94. The standard InChI is InChI=1S/C30H20N2/c1-2-6-22(7-3-1)27-12-10-25-18-23-8-4-5-9-24(23)19-28(25)30(27)29-13-11-26(20-32-29)21-14-16-31-17-15-21/h1-20H. The Morgan fingerprint density at radius 3 is 2.00 bits per heavy atom. The fourth-order valence-electron chi connectivity index (χ4n) is 4.40. The van der Waals surface area contributed by atoms with Crippen LogP contribution in [-0.2, 0) is 0 Å². The zero-order valence-electron chi connectivity index (χ0n) is 17.4. The normalized spacial score (nSPS) is 11.1. The van der Waals surface area contributed by atoms with Gasteiger partial charge < -0.3 is 0 Å². The van der Waals surface area contributed by atoms with Gasteiger partial charge in [-0.15, -0.1) is 0 Å². The number of pyridine rings is 2. The minimum atomic E-state index is 0.975. The summed E-state index contributed by atoms with van der Waals surface area (Å²) in [5, 5.41) is 4.92. The van der Waals surface area contributed by atoms with Crippen LogP contribution < -0.4 is 0 Å². The van der Waals surface area contributed by atoms with E-state index in [1.165, 1.54) is 38.2 Å². The lowest BCUT2D eigenvalue weighted by Gasteiger charge is -2.15. The molecule has 0 aliphatic carbocycles. The van der Waals surface area contributed by atoms with E-state index in [1.54, 1.807) is 0 Å². The molecule has 6 aromatic rings. The first-order chi connectivity index (χ1) is 15.9. The molecule has 0 spiro atoms. The molecule has 0 aliphatic rings. The Labute approximate surface area is 186 Å². The van der Waals surface area contributed by atoms with Gasteiger partial charge in [-0.05, 0) is 68.6 Å². The van der Waals surface area contributed by atoms with Crippen molar-refractivity contribution in [1.29, 1.82) is 0 Å². The summed E-state index contributed by atoms with van der Waals surface area (Å²) in [5.41, 5.74) is 6.73. The van der Waals surface area contributed by atoms with E-state index in [0.717, 1.165) is 16.8 Å². The van der Waals surface area contributed by atoms with Crippen molar-refractivity contribution in [2.75, 3.05) is 0 Å². The van der Waals surface area contributed by atoms with E-state index in [2.05, 4.69) is 96.0 Å². The van der Waals surface area contributed by atoms with Gasteiger partial charge in [0.15, 0.2) is 0 Å². The molecular weight excluding hydrogens is 388 g/mol. The lowest BCUT2D eigenvalue weighted by Crippen LogP contribution is -1.92. The van der Waals surface area contributed by atoms with E-state index >= 15 is 0 Å². The van der Waals surface area contributed by atoms with Crippen LogP contribution in [0.5, 0.6) is 0 Å². The highest BCUT2D eigenvalue weighted by Gasteiger charge is 2.14. The van der Waals surface area contributed by atoms with E-state index in [-0.39, 0.29) is 0 Å². The summed E-state index contributed by atoms with van der Waals surface area (Å²) in [6.07, 6.45) is 5.58. The lowest BCUT2D eigenvalue weighted by atomic mass is 9.90. The molecule has 0 fully saturated rings. The molecule has 6 rings (SSSR count). The maximum atomic E-state index is 4.92. The Kier molecular flexibility index (Phi) is 4.47. The first-order valence-corrected chi connectivity index (χ1v) is 10.7. The van der Waals surface area contributed by atoms with Crippen molar-refractivity contribution in [3.05, 3.63) is 122 Å². The average Bonchev–Trinajstić information content (AvgIpc) is 2.88. The van der Waals surface area contributed by atoms with Crippen LogP contribution in [0.3, 0.4) is 0 Å². The Morgan fingerprint density at radius 1 is 0.500 bits per heavy atom. The third kappa shape index (κ3) is 3.23. The minimum Gasteiger partial charge on any atom is -0.265 e. The first-order valence-electron chi connectivity index (χ1n) is 10.7. The third-order valence-electron chi connectivity index (χ3n) is 6.00. The zero-order chi connectivity index (χ0) is 21.3. The van der Waals surface area contributed by atoms with Crippen LogP contribution in [0.15, 0.2) is 122 Å². The van der Waals surface area contributed by atoms with Crippen molar-refractivity contribution in [2.45, 2.75) is 0 Å². The molecule has 32 heavy (non-hydrogen) atoms. The summed E-state index contributed by atoms with van der Waals surface area (Å²) < 4.78 is 0. The predicted molar refractivity (Wildman–Crippen MR) is 133 cm³/mol. The molecule has 0 N–H and O–H groups in total. The number of nitrogens with zero attached hydrogens (tertiary/aromatic N) is 2. The lowest BCUT2D eigenvalue weighted by molar-refractivity contribution is 1.31. The number of rotatable bonds is 3. The molecule has 0 bridgehead atoms. The highest BCUT2D eigenvalue weighted by molar-refractivity contribution is 6.08. The van der Waals surface area contributed by atoms with Gasteiger partial charge in [0.1, 0.15) is 0 Å². The zero-order valence-corrected chi connectivity index (χ0v) is 17.4. The van der Waals surface area contributed by atoms with Crippen molar-refractivity contribution in [3.8, 4) is 33.5 Å². The van der Waals surface area contributed by atoms with Gasteiger partial charge in [-0.2, -0.15) is 0 Å². The largest absolute Gasteiger partial charge is 0.265 e. The van der Waals surface area contributed by atoms with E-state index < -0.39 is 0 Å². The minimum absolute atomic E-state index is 0.975. The van der Waals surface area contributed by atoms with Crippen molar-refractivity contribution >= 4 is 21.5 Å². The molecule has 2 heterocycles. The second kappa shape index (κ2) is 7.75. The number of aromatic nitrogens is 2. The van der Waals surface area contributed by atoms with Gasteiger partial charge in [-0.25, -0.2) is 0 Å². The van der Waals surface area contributed by atoms with Crippen LogP contribution in [0, 0.1) is 0 Å². The Hall–Kier alpha value is -4.30. The third-order valence-corrected chi connectivity index (χ3v) is 6.00. The Balaban J connectivity index is 1.61. The number of hydrogen-bond donors (Lipinski definition) is 0. The molecule has 0 saturated carbocycles. The summed E-state index contributed by atoms with van der Waals surface area (Å²) in [6.45, 7) is 0. The van der Waals surface area contributed by atoms with E-state index in [4.69, 9.17) is 4.98 Å². The van der Waals surface area contributed by atoms with Crippen LogP contribution in [-0.4, -0.2) is 9.97 Å². The van der Waals surface area contributed by atoms with E-state index in [0.29, 0.717) is 0 Å². The predicted octanol–water partition coefficient (Wildman–Crippen LogP) is 7.78. The Morgan fingerprint density at radius 2 is 1.25 bits per heavy atom. The molecule has 0 unspecified atom stereocenters. The molecule has 2 heteroatoms. The summed E-state index contributed by atoms with van der Waals surface area (Å²) >= 11 is 0. The van der Waals surface area contributed by atoms with Gasteiger partial charge in [-0.3, -0.25) is 9.97 Å². The van der Waals surface area contributed by atoms with Crippen LogP contribution in [0.2, 0.25) is 0 Å². The van der Waals surface area contributed by atoms with Crippen LogP contribution in [0.4, 0.5) is 0 Å². The van der Waals surface area contributed by atoms with E-state index in [1.807, 2.05) is 30.7 Å². The smallest absolute Gasteiger partial charge is 0.0714 e. The molecule has 0 amide bonds. The Bertz CT molecular complexity index is 1540. The highest BCUT2D eigenvalue weighted by Crippen LogP contribution is 2.39. The van der Waals surface area contributed by atoms with Gasteiger partial charge in [0.25, 0.3) is 0 Å². The monoisotopic (exact) mass is 408 g/mol. The number of hydrogen-bond acceptors (Lipinski definition) is 2. The number of fused-ring (bicyclic) bond motifs is 2. The molecule has 2 nitrogen and oxygen atoms in total. The summed E-state index contributed by atoms with van der Waals surface area (Å²) in [4.78, 5) is 9.04. The van der Waals surface area contributed by atoms with Gasteiger partial charge in [0.05, 0.1) is 5.69 Å². The highest BCUT2D eigenvalue weighted by atomic mass is 14.7. The quantitative estimate of drug-likeness (QED) is 0.279. The van der Waals surface area contributed by atoms with Crippen LogP contribution in [0.1, 0.15) is 0 Å².